The van der Waals surface area contributed by atoms with Gasteiger partial charge in [-0.2, -0.15) is 0 Å². The lowest BCUT2D eigenvalue weighted by molar-refractivity contribution is 0.0734. The fourth-order valence-corrected chi connectivity index (χ4v) is 2.27. The molecule has 0 aliphatic carbocycles. The van der Waals surface area contributed by atoms with Crippen LogP contribution in [-0.2, 0) is 0 Å². The summed E-state index contributed by atoms with van der Waals surface area (Å²) in [6, 6.07) is 18.1. The Morgan fingerprint density at radius 3 is 2.44 bits per heavy atom. The Kier molecular flexibility index (Phi) is 6.30. The first kappa shape index (κ1) is 18.3. The minimum absolute atomic E-state index is 0.408. The van der Waals surface area contributed by atoms with Crippen molar-refractivity contribution >= 4 is 17.9 Å². The van der Waals surface area contributed by atoms with E-state index in [2.05, 4.69) is 16.9 Å². The molecule has 0 N–H and O–H groups in total. The lowest BCUT2D eigenvalue weighted by Gasteiger charge is -2.04. The van der Waals surface area contributed by atoms with Gasteiger partial charge in [0.25, 0.3) is 0 Å². The molecule has 5 nitrogen and oxygen atoms in total. The number of pyridine rings is 1. The maximum Gasteiger partial charge on any atom is 0.345 e. The number of ether oxygens (including phenoxy) is 2. The summed E-state index contributed by atoms with van der Waals surface area (Å²) in [6.45, 7) is 2.79. The van der Waals surface area contributed by atoms with E-state index in [1.165, 1.54) is 6.20 Å². The summed E-state index contributed by atoms with van der Waals surface area (Å²) in [5.74, 6) is 0.874. The number of carbonyl (C=O) groups is 1. The van der Waals surface area contributed by atoms with Crippen LogP contribution in [0.1, 0.15) is 29.3 Å². The van der Waals surface area contributed by atoms with Crippen LogP contribution in [0.5, 0.6) is 11.5 Å². The summed E-state index contributed by atoms with van der Waals surface area (Å²) in [7, 11) is 0. The summed E-state index contributed by atoms with van der Waals surface area (Å²) in [4.78, 5) is 20.3. The van der Waals surface area contributed by atoms with Crippen LogP contribution in [0.2, 0.25) is 0 Å². The summed E-state index contributed by atoms with van der Waals surface area (Å²) in [5, 5.41) is 0. The van der Waals surface area contributed by atoms with Gasteiger partial charge in [-0.05, 0) is 72.6 Å². The number of benzene rings is 2. The summed E-state index contributed by atoms with van der Waals surface area (Å²) < 4.78 is 10.9. The number of aromatic nitrogens is 1. The number of nitrogens with zero attached hydrogens (tertiary/aromatic N) is 2. The third-order valence-corrected chi connectivity index (χ3v) is 3.66. The zero-order valence-electron chi connectivity index (χ0n) is 15.0. The molecule has 0 fully saturated rings. The smallest absolute Gasteiger partial charge is 0.345 e. The fraction of sp³-hybridized carbons (Fsp3) is 0.136. The van der Waals surface area contributed by atoms with Crippen LogP contribution in [0.15, 0.2) is 78.0 Å². The van der Waals surface area contributed by atoms with Crippen molar-refractivity contribution in [3.8, 4) is 11.5 Å². The van der Waals surface area contributed by atoms with Gasteiger partial charge in [0.05, 0.1) is 17.9 Å². The zero-order valence-corrected chi connectivity index (χ0v) is 15.0. The van der Waals surface area contributed by atoms with E-state index in [9.17, 15) is 4.79 Å². The van der Waals surface area contributed by atoms with E-state index in [1.54, 1.807) is 48.8 Å². The second-order valence-corrected chi connectivity index (χ2v) is 5.80. The van der Waals surface area contributed by atoms with Crippen LogP contribution in [0.4, 0.5) is 5.69 Å². The highest BCUT2D eigenvalue weighted by Gasteiger charge is 2.07. The molecule has 0 aliphatic rings. The van der Waals surface area contributed by atoms with Crippen molar-refractivity contribution in [3.05, 3.63) is 84.2 Å². The zero-order chi connectivity index (χ0) is 18.9. The molecule has 0 unspecified atom stereocenters. The molecule has 27 heavy (non-hydrogen) atoms. The molecule has 5 heteroatoms. The molecular weight excluding hydrogens is 340 g/mol. The van der Waals surface area contributed by atoms with Crippen LogP contribution in [-0.4, -0.2) is 23.8 Å². The number of rotatable bonds is 7. The Balaban J connectivity index is 1.58. The van der Waals surface area contributed by atoms with Gasteiger partial charge < -0.3 is 9.47 Å². The molecule has 0 atom stereocenters. The minimum Gasteiger partial charge on any atom is -0.494 e. The number of hydrogen-bond donors (Lipinski definition) is 0. The van der Waals surface area contributed by atoms with Crippen molar-refractivity contribution < 1.29 is 14.3 Å². The van der Waals surface area contributed by atoms with Crippen LogP contribution in [0.25, 0.3) is 0 Å². The van der Waals surface area contributed by atoms with Gasteiger partial charge in [-0.1, -0.05) is 6.92 Å². The molecule has 0 radical (unpaired) electrons. The highest BCUT2D eigenvalue weighted by Crippen LogP contribution is 2.19. The Hall–Kier alpha value is -3.47. The lowest BCUT2D eigenvalue weighted by Crippen LogP contribution is -2.08. The van der Waals surface area contributed by atoms with Crippen molar-refractivity contribution in [1.29, 1.82) is 0 Å². The maximum absolute atomic E-state index is 12.0. The monoisotopic (exact) mass is 360 g/mol. The first-order chi connectivity index (χ1) is 13.2. The standard InChI is InChI=1S/C22H20N2O3/c1-2-14-26-20-9-5-17(6-10-20)15-24-19-7-11-21(12-8-19)27-22(25)18-4-3-13-23-16-18/h3-13,15-16H,2,14H2,1H3. The molecular formula is C22H20N2O3. The van der Waals surface area contributed by atoms with Crippen LogP contribution < -0.4 is 9.47 Å². The molecule has 3 aromatic rings. The quantitative estimate of drug-likeness (QED) is 0.344. The molecule has 0 saturated carbocycles. The van der Waals surface area contributed by atoms with Crippen molar-refractivity contribution in [2.24, 2.45) is 4.99 Å². The first-order valence-electron chi connectivity index (χ1n) is 8.74. The van der Waals surface area contributed by atoms with E-state index < -0.39 is 5.97 Å². The van der Waals surface area contributed by atoms with E-state index in [-0.39, 0.29) is 0 Å². The summed E-state index contributed by atoms with van der Waals surface area (Å²) in [5.41, 5.74) is 2.15. The van der Waals surface area contributed by atoms with Crippen LogP contribution in [0.3, 0.4) is 0 Å². The minimum atomic E-state index is -0.440. The summed E-state index contributed by atoms with van der Waals surface area (Å²) in [6.07, 6.45) is 5.84. The lowest BCUT2D eigenvalue weighted by atomic mass is 10.2. The molecule has 0 aliphatic heterocycles. The molecule has 2 aromatic carbocycles. The highest BCUT2D eigenvalue weighted by atomic mass is 16.5. The predicted octanol–water partition coefficient (Wildman–Crippen LogP) is 4.84. The molecule has 0 saturated heterocycles. The van der Waals surface area contributed by atoms with E-state index in [4.69, 9.17) is 9.47 Å². The van der Waals surface area contributed by atoms with Gasteiger partial charge in [0.15, 0.2) is 0 Å². The Morgan fingerprint density at radius 1 is 1.04 bits per heavy atom. The predicted molar refractivity (Wildman–Crippen MR) is 105 cm³/mol. The van der Waals surface area contributed by atoms with E-state index in [0.29, 0.717) is 17.9 Å². The first-order valence-corrected chi connectivity index (χ1v) is 8.74. The SMILES string of the molecule is CCCOc1ccc(C=Nc2ccc(OC(=O)c3cccnc3)cc2)cc1. The Bertz CT molecular complexity index is 889. The molecule has 1 aromatic heterocycles. The average Bonchev–Trinajstić information content (AvgIpc) is 2.73. The fourth-order valence-electron chi connectivity index (χ4n) is 2.27. The van der Waals surface area contributed by atoms with Crippen molar-refractivity contribution in [2.75, 3.05) is 6.61 Å². The van der Waals surface area contributed by atoms with Crippen LogP contribution in [0, 0.1) is 0 Å². The third-order valence-electron chi connectivity index (χ3n) is 3.66. The van der Waals surface area contributed by atoms with E-state index in [1.807, 2.05) is 24.3 Å². The highest BCUT2D eigenvalue weighted by molar-refractivity contribution is 5.90. The van der Waals surface area contributed by atoms with Crippen LogP contribution >= 0.6 is 0 Å². The van der Waals surface area contributed by atoms with Gasteiger partial charge in [-0.3, -0.25) is 9.98 Å². The number of esters is 1. The van der Waals surface area contributed by atoms with Gasteiger partial charge in [0, 0.05) is 18.6 Å². The maximum atomic E-state index is 12.0. The van der Waals surface area contributed by atoms with Gasteiger partial charge >= 0.3 is 5.97 Å². The molecule has 1 heterocycles. The molecule has 0 bridgehead atoms. The molecule has 136 valence electrons. The van der Waals surface area contributed by atoms with Crippen molar-refractivity contribution in [2.45, 2.75) is 13.3 Å². The normalized spacial score (nSPS) is 10.7. The van der Waals surface area contributed by atoms with Gasteiger partial charge in [0.1, 0.15) is 11.5 Å². The number of hydrogen-bond acceptors (Lipinski definition) is 5. The Labute approximate surface area is 158 Å². The van der Waals surface area contributed by atoms with Gasteiger partial charge in [-0.25, -0.2) is 4.79 Å². The second kappa shape index (κ2) is 9.29. The number of aliphatic imine (C=N–C) groups is 1. The second-order valence-electron chi connectivity index (χ2n) is 5.80. The largest absolute Gasteiger partial charge is 0.494 e. The average molecular weight is 360 g/mol. The molecule has 0 spiro atoms. The third kappa shape index (κ3) is 5.51. The molecule has 0 amide bonds. The van der Waals surface area contributed by atoms with Gasteiger partial charge in [-0.15, -0.1) is 0 Å². The summed E-state index contributed by atoms with van der Waals surface area (Å²) >= 11 is 0. The Morgan fingerprint density at radius 2 is 1.78 bits per heavy atom. The van der Waals surface area contributed by atoms with E-state index >= 15 is 0 Å². The van der Waals surface area contributed by atoms with Crippen molar-refractivity contribution in [1.82, 2.24) is 4.98 Å². The van der Waals surface area contributed by atoms with E-state index in [0.717, 1.165) is 23.4 Å². The molecule has 3 rings (SSSR count). The van der Waals surface area contributed by atoms with Crippen molar-refractivity contribution in [3.63, 3.8) is 0 Å². The van der Waals surface area contributed by atoms with Gasteiger partial charge in [0.2, 0.25) is 0 Å². The number of carbonyl (C=O) groups excluding carboxylic acids is 1. The topological polar surface area (TPSA) is 60.8 Å².